The van der Waals surface area contributed by atoms with Crippen molar-refractivity contribution in [2.75, 3.05) is 0 Å². The van der Waals surface area contributed by atoms with Crippen molar-refractivity contribution >= 4 is 15.9 Å². The van der Waals surface area contributed by atoms with Gasteiger partial charge in [0.25, 0.3) is 5.56 Å². The van der Waals surface area contributed by atoms with Gasteiger partial charge in [-0.1, -0.05) is 57.0 Å². The number of aryl methyl sites for hydroxylation is 1. The molecule has 134 valence electrons. The molecule has 2 heterocycles. The Morgan fingerprint density at radius 1 is 1.04 bits per heavy atom. The fraction of sp³-hybridized carbons (Fsp3) is 0.100. The Morgan fingerprint density at radius 2 is 1.85 bits per heavy atom. The largest absolute Gasteiger partial charge is 0.337 e. The predicted molar refractivity (Wildman–Crippen MR) is 105 cm³/mol. The van der Waals surface area contributed by atoms with E-state index in [2.05, 4.69) is 31.2 Å². The van der Waals surface area contributed by atoms with E-state index in [1.165, 1.54) is 10.7 Å². The van der Waals surface area contributed by atoms with Gasteiger partial charge in [0.2, 0.25) is 11.7 Å². The maximum absolute atomic E-state index is 12.2. The van der Waals surface area contributed by atoms with Crippen molar-refractivity contribution in [3.05, 3.63) is 86.9 Å². The summed E-state index contributed by atoms with van der Waals surface area (Å²) in [6.07, 6.45) is 0. The Balaban J connectivity index is 1.62. The zero-order valence-corrected chi connectivity index (χ0v) is 16.0. The summed E-state index contributed by atoms with van der Waals surface area (Å²) in [6.45, 7) is 2.11. The van der Waals surface area contributed by atoms with E-state index in [9.17, 15) is 4.79 Å². The summed E-state index contributed by atoms with van der Waals surface area (Å²) in [6, 6.07) is 18.8. The maximum Gasteiger partial charge on any atom is 0.267 e. The van der Waals surface area contributed by atoms with Crippen LogP contribution in [0.25, 0.3) is 22.6 Å². The molecule has 0 radical (unpaired) electrons. The molecule has 4 rings (SSSR count). The molecule has 0 atom stereocenters. The summed E-state index contributed by atoms with van der Waals surface area (Å²) in [5.41, 5.74) is 3.36. The van der Waals surface area contributed by atoms with E-state index in [1.807, 2.05) is 55.5 Å². The Labute approximate surface area is 163 Å². The molecule has 6 nitrogen and oxygen atoms in total. The molecule has 0 unspecified atom stereocenters. The van der Waals surface area contributed by atoms with Crippen LogP contribution in [0.15, 0.2) is 74.5 Å². The van der Waals surface area contributed by atoms with Crippen molar-refractivity contribution in [2.45, 2.75) is 13.5 Å². The first-order valence-corrected chi connectivity index (χ1v) is 9.11. The molecular formula is C20H15BrN4O2. The highest BCUT2D eigenvalue weighted by Crippen LogP contribution is 2.19. The third kappa shape index (κ3) is 3.88. The molecule has 0 saturated carbocycles. The van der Waals surface area contributed by atoms with Crippen LogP contribution in [-0.4, -0.2) is 19.9 Å². The molecule has 0 saturated heterocycles. The minimum Gasteiger partial charge on any atom is -0.337 e. The van der Waals surface area contributed by atoms with Crippen molar-refractivity contribution < 1.29 is 4.52 Å². The van der Waals surface area contributed by atoms with E-state index in [0.717, 1.165) is 21.2 Å². The Morgan fingerprint density at radius 3 is 2.63 bits per heavy atom. The van der Waals surface area contributed by atoms with E-state index in [4.69, 9.17) is 4.52 Å². The van der Waals surface area contributed by atoms with Gasteiger partial charge < -0.3 is 4.52 Å². The second kappa shape index (κ2) is 7.28. The highest BCUT2D eigenvalue weighted by molar-refractivity contribution is 9.10. The molecule has 0 amide bonds. The first-order valence-electron chi connectivity index (χ1n) is 8.32. The molecule has 2 aromatic heterocycles. The molecule has 0 aliphatic carbocycles. The topological polar surface area (TPSA) is 73.8 Å². The third-order valence-electron chi connectivity index (χ3n) is 4.04. The van der Waals surface area contributed by atoms with Crippen molar-refractivity contribution in [3.63, 3.8) is 0 Å². The number of rotatable bonds is 4. The van der Waals surface area contributed by atoms with Crippen LogP contribution in [-0.2, 0) is 6.54 Å². The number of aromatic nitrogens is 4. The number of hydrogen-bond acceptors (Lipinski definition) is 5. The SMILES string of the molecule is Cc1cccc(-c2noc(Cn3nc(-c4ccc(Br)cc4)ccc3=O)n2)c1. The van der Waals surface area contributed by atoms with Gasteiger partial charge in [-0.15, -0.1) is 0 Å². The normalized spacial score (nSPS) is 10.9. The molecular weight excluding hydrogens is 408 g/mol. The number of nitrogens with zero attached hydrogens (tertiary/aromatic N) is 4. The number of benzene rings is 2. The average Bonchev–Trinajstić information content (AvgIpc) is 3.13. The first kappa shape index (κ1) is 17.4. The zero-order chi connectivity index (χ0) is 18.8. The Kier molecular flexibility index (Phi) is 4.68. The molecule has 27 heavy (non-hydrogen) atoms. The van der Waals surface area contributed by atoms with Crippen molar-refractivity contribution in [2.24, 2.45) is 0 Å². The number of hydrogen-bond donors (Lipinski definition) is 0. The van der Waals surface area contributed by atoms with Crippen LogP contribution in [0.4, 0.5) is 0 Å². The molecule has 4 aromatic rings. The summed E-state index contributed by atoms with van der Waals surface area (Å²) in [5, 5.41) is 8.43. The van der Waals surface area contributed by atoms with Gasteiger partial charge in [0, 0.05) is 21.7 Å². The Bertz CT molecular complexity index is 1150. The van der Waals surface area contributed by atoms with Gasteiger partial charge in [0.1, 0.15) is 6.54 Å². The van der Waals surface area contributed by atoms with E-state index in [-0.39, 0.29) is 12.1 Å². The minimum atomic E-state index is -0.230. The molecule has 0 fully saturated rings. The summed E-state index contributed by atoms with van der Waals surface area (Å²) in [7, 11) is 0. The van der Waals surface area contributed by atoms with Crippen LogP contribution in [0.1, 0.15) is 11.5 Å². The van der Waals surface area contributed by atoms with E-state index in [1.54, 1.807) is 6.07 Å². The monoisotopic (exact) mass is 422 g/mol. The smallest absolute Gasteiger partial charge is 0.267 e. The van der Waals surface area contributed by atoms with Crippen molar-refractivity contribution in [1.29, 1.82) is 0 Å². The van der Waals surface area contributed by atoms with Gasteiger partial charge in [-0.25, -0.2) is 4.68 Å². The van der Waals surface area contributed by atoms with Gasteiger partial charge in [0.05, 0.1) is 5.69 Å². The fourth-order valence-corrected chi connectivity index (χ4v) is 2.95. The first-order chi connectivity index (χ1) is 13.1. The predicted octanol–water partition coefficient (Wildman–Crippen LogP) is 4.08. The second-order valence-electron chi connectivity index (χ2n) is 6.10. The molecule has 0 aliphatic heterocycles. The minimum absolute atomic E-state index is 0.113. The average molecular weight is 423 g/mol. The molecule has 7 heteroatoms. The Hall–Kier alpha value is -3.06. The van der Waals surface area contributed by atoms with Gasteiger partial charge >= 0.3 is 0 Å². The molecule has 0 N–H and O–H groups in total. The lowest BCUT2D eigenvalue weighted by molar-refractivity contribution is 0.363. The van der Waals surface area contributed by atoms with Gasteiger partial charge in [-0.2, -0.15) is 10.1 Å². The third-order valence-corrected chi connectivity index (χ3v) is 4.56. The van der Waals surface area contributed by atoms with Crippen LogP contribution in [0, 0.1) is 6.92 Å². The second-order valence-corrected chi connectivity index (χ2v) is 7.02. The van der Waals surface area contributed by atoms with Crippen LogP contribution in [0.2, 0.25) is 0 Å². The van der Waals surface area contributed by atoms with Crippen LogP contribution >= 0.6 is 15.9 Å². The van der Waals surface area contributed by atoms with Gasteiger partial charge in [0.15, 0.2) is 0 Å². The zero-order valence-electron chi connectivity index (χ0n) is 14.5. The van der Waals surface area contributed by atoms with Gasteiger partial charge in [-0.05, 0) is 31.2 Å². The lowest BCUT2D eigenvalue weighted by Crippen LogP contribution is -2.23. The number of halogens is 1. The van der Waals surface area contributed by atoms with Crippen LogP contribution in [0.3, 0.4) is 0 Å². The van der Waals surface area contributed by atoms with E-state index < -0.39 is 0 Å². The van der Waals surface area contributed by atoms with Crippen molar-refractivity contribution in [1.82, 2.24) is 19.9 Å². The lowest BCUT2D eigenvalue weighted by Gasteiger charge is -2.05. The highest BCUT2D eigenvalue weighted by Gasteiger charge is 2.11. The standard InChI is InChI=1S/C20H15BrN4O2/c1-13-3-2-4-15(11-13)20-22-18(27-24-20)12-25-19(26)10-9-17(23-25)14-5-7-16(21)8-6-14/h2-11H,12H2,1H3. The molecule has 2 aromatic carbocycles. The fourth-order valence-electron chi connectivity index (χ4n) is 2.69. The maximum atomic E-state index is 12.2. The summed E-state index contributed by atoms with van der Waals surface area (Å²) >= 11 is 3.41. The quantitative estimate of drug-likeness (QED) is 0.495. The lowest BCUT2D eigenvalue weighted by atomic mass is 10.1. The molecule has 0 spiro atoms. The van der Waals surface area contributed by atoms with Gasteiger partial charge in [-0.3, -0.25) is 4.79 Å². The van der Waals surface area contributed by atoms with E-state index >= 15 is 0 Å². The summed E-state index contributed by atoms with van der Waals surface area (Å²) in [4.78, 5) is 16.6. The summed E-state index contributed by atoms with van der Waals surface area (Å²) in [5.74, 6) is 0.819. The van der Waals surface area contributed by atoms with E-state index in [0.29, 0.717) is 17.4 Å². The summed E-state index contributed by atoms with van der Waals surface area (Å²) < 4.78 is 7.62. The highest BCUT2D eigenvalue weighted by atomic mass is 79.9. The van der Waals surface area contributed by atoms with Crippen LogP contribution in [0.5, 0.6) is 0 Å². The molecule has 0 aliphatic rings. The van der Waals surface area contributed by atoms with Crippen molar-refractivity contribution in [3.8, 4) is 22.6 Å². The van der Waals surface area contributed by atoms with Crippen LogP contribution < -0.4 is 5.56 Å². The molecule has 0 bridgehead atoms.